The topological polar surface area (TPSA) is 84.9 Å². The molecule has 3 rings (SSSR count). The molecule has 3 N–H and O–H groups in total. The van der Waals surface area contributed by atoms with Crippen molar-refractivity contribution >= 4 is 27.7 Å². The molecule has 0 radical (unpaired) electrons. The van der Waals surface area contributed by atoms with Crippen molar-refractivity contribution in [2.45, 2.75) is 30.8 Å². The predicted molar refractivity (Wildman–Crippen MR) is 102 cm³/mol. The summed E-state index contributed by atoms with van der Waals surface area (Å²) in [7, 11) is 0. The number of amides is 2. The second kappa shape index (κ2) is 7.94. The molecule has 0 bridgehead atoms. The van der Waals surface area contributed by atoms with Gasteiger partial charge in [-0.15, -0.1) is 0 Å². The largest absolute Gasteiger partial charge is 0.507 e. The van der Waals surface area contributed by atoms with E-state index in [0.717, 1.165) is 0 Å². The molecule has 1 aromatic carbocycles. The molecule has 0 spiro atoms. The Morgan fingerprint density at radius 2 is 1.73 bits per heavy atom. The maximum Gasteiger partial charge on any atom is 0.257 e. The minimum absolute atomic E-state index is 0.0147. The van der Waals surface area contributed by atoms with Crippen LogP contribution in [0, 0.1) is 5.92 Å². The molecule has 0 saturated carbocycles. The Balaban J connectivity index is 1.58. The molecule has 0 aromatic heterocycles. The van der Waals surface area contributed by atoms with Gasteiger partial charge in [-0.05, 0) is 18.1 Å². The molecule has 26 heavy (non-hydrogen) atoms. The highest BCUT2D eigenvalue weighted by Gasteiger charge is 2.42. The lowest BCUT2D eigenvalue weighted by atomic mass is 9.99. The Hall–Kier alpha value is -1.64. The van der Waals surface area contributed by atoms with Crippen LogP contribution in [0.25, 0.3) is 0 Å². The summed E-state index contributed by atoms with van der Waals surface area (Å²) in [5.41, 5.74) is 6.59. The highest BCUT2D eigenvalue weighted by atomic mass is 79.9. The zero-order valence-corrected chi connectivity index (χ0v) is 16.6. The molecule has 142 valence electrons. The fourth-order valence-electron chi connectivity index (χ4n) is 3.44. The van der Waals surface area contributed by atoms with Gasteiger partial charge in [-0.1, -0.05) is 41.9 Å². The third kappa shape index (κ3) is 3.72. The fourth-order valence-corrected chi connectivity index (χ4v) is 4.54. The van der Waals surface area contributed by atoms with Crippen molar-refractivity contribution < 1.29 is 14.7 Å². The monoisotopic (exact) mass is 424 g/mol. The summed E-state index contributed by atoms with van der Waals surface area (Å²) in [6.07, 6.45) is 0. The van der Waals surface area contributed by atoms with Crippen LogP contribution in [0.4, 0.5) is 0 Å². The van der Waals surface area contributed by atoms with Crippen LogP contribution in [0.5, 0.6) is 5.75 Å². The average molecular weight is 425 g/mol. The smallest absolute Gasteiger partial charge is 0.257 e. The number of phenols is 1. The van der Waals surface area contributed by atoms with E-state index < -0.39 is 0 Å². The van der Waals surface area contributed by atoms with E-state index in [1.807, 2.05) is 0 Å². The molecule has 2 amide bonds. The van der Waals surface area contributed by atoms with Crippen molar-refractivity contribution in [1.82, 2.24) is 20.7 Å². The molecule has 8 heteroatoms. The summed E-state index contributed by atoms with van der Waals surface area (Å²) in [5, 5.41) is 9.86. The Labute approximate surface area is 161 Å². The minimum Gasteiger partial charge on any atom is -0.507 e. The van der Waals surface area contributed by atoms with Crippen LogP contribution in [-0.4, -0.2) is 69.8 Å². The first-order valence-electron chi connectivity index (χ1n) is 8.91. The van der Waals surface area contributed by atoms with Gasteiger partial charge in [-0.3, -0.25) is 15.0 Å². The Morgan fingerprint density at radius 3 is 2.31 bits per heavy atom. The average Bonchev–Trinajstić information content (AvgIpc) is 3.03. The lowest BCUT2D eigenvalue weighted by molar-refractivity contribution is -0.134. The number of alkyl halides is 1. The minimum atomic E-state index is -0.317. The van der Waals surface area contributed by atoms with E-state index in [2.05, 4.69) is 40.6 Å². The molecular weight excluding hydrogens is 400 g/mol. The number of piperazine rings is 1. The van der Waals surface area contributed by atoms with Crippen LogP contribution in [0.1, 0.15) is 24.2 Å². The molecule has 2 saturated heterocycles. The highest BCUT2D eigenvalue weighted by molar-refractivity contribution is 9.09. The SMILES string of the molecule is CC(C)C1NNC(C(=O)N2CCN(C(=O)c3ccccc3O)CC2)C1Br. The number of carbonyl (C=O) groups is 2. The highest BCUT2D eigenvalue weighted by Crippen LogP contribution is 2.24. The first-order valence-corrected chi connectivity index (χ1v) is 9.83. The summed E-state index contributed by atoms with van der Waals surface area (Å²) in [6.45, 7) is 6.12. The number of hydrazine groups is 1. The molecular formula is C18H25BrN4O3. The van der Waals surface area contributed by atoms with Crippen LogP contribution in [0.3, 0.4) is 0 Å². The second-order valence-electron chi connectivity index (χ2n) is 7.12. The van der Waals surface area contributed by atoms with Gasteiger partial charge >= 0.3 is 0 Å². The van der Waals surface area contributed by atoms with Gasteiger partial charge in [0.15, 0.2) is 0 Å². The lowest BCUT2D eigenvalue weighted by Crippen LogP contribution is -2.56. The van der Waals surface area contributed by atoms with Gasteiger partial charge in [0.1, 0.15) is 11.8 Å². The molecule has 2 heterocycles. The van der Waals surface area contributed by atoms with E-state index in [1.165, 1.54) is 6.07 Å². The maximum atomic E-state index is 12.8. The maximum absolute atomic E-state index is 12.8. The summed E-state index contributed by atoms with van der Waals surface area (Å²) in [4.78, 5) is 28.9. The predicted octanol–water partition coefficient (Wildman–Crippen LogP) is 0.941. The van der Waals surface area contributed by atoms with Gasteiger partial charge in [0, 0.05) is 32.2 Å². The standard InChI is InChI=1S/C18H25BrN4O3/c1-11(2)15-14(19)16(21-20-15)18(26)23-9-7-22(8-10-23)17(25)12-5-3-4-6-13(12)24/h3-6,11,14-16,20-21,24H,7-10H2,1-2H3. The van der Waals surface area contributed by atoms with Gasteiger partial charge in [-0.25, -0.2) is 5.43 Å². The summed E-state index contributed by atoms with van der Waals surface area (Å²) in [5.74, 6) is 0.225. The Kier molecular flexibility index (Phi) is 5.84. The van der Waals surface area contributed by atoms with Crippen molar-refractivity contribution in [2.75, 3.05) is 26.2 Å². The number of para-hydroxylation sites is 1. The van der Waals surface area contributed by atoms with Gasteiger partial charge < -0.3 is 14.9 Å². The lowest BCUT2D eigenvalue weighted by Gasteiger charge is -2.36. The van der Waals surface area contributed by atoms with Gasteiger partial charge in [0.25, 0.3) is 5.91 Å². The summed E-state index contributed by atoms with van der Waals surface area (Å²) in [6, 6.07) is 6.41. The third-order valence-electron chi connectivity index (χ3n) is 5.06. The quantitative estimate of drug-likeness (QED) is 0.628. The number of rotatable bonds is 3. The second-order valence-corrected chi connectivity index (χ2v) is 8.17. The number of nitrogens with one attached hydrogen (secondary N) is 2. The van der Waals surface area contributed by atoms with E-state index in [9.17, 15) is 14.7 Å². The summed E-state index contributed by atoms with van der Waals surface area (Å²) >= 11 is 3.65. The van der Waals surface area contributed by atoms with Crippen LogP contribution in [0.2, 0.25) is 0 Å². The molecule has 7 nitrogen and oxygen atoms in total. The van der Waals surface area contributed by atoms with E-state index >= 15 is 0 Å². The van der Waals surface area contributed by atoms with E-state index in [0.29, 0.717) is 37.7 Å². The third-order valence-corrected chi connectivity index (χ3v) is 6.16. The van der Waals surface area contributed by atoms with Gasteiger partial charge in [-0.2, -0.15) is 0 Å². The first-order chi connectivity index (χ1) is 12.4. The number of phenolic OH excluding ortho intramolecular Hbond substituents is 1. The fraction of sp³-hybridized carbons (Fsp3) is 0.556. The van der Waals surface area contributed by atoms with Crippen LogP contribution < -0.4 is 10.9 Å². The van der Waals surface area contributed by atoms with E-state index in [1.54, 1.807) is 28.0 Å². The van der Waals surface area contributed by atoms with Crippen molar-refractivity contribution in [3.8, 4) is 5.75 Å². The van der Waals surface area contributed by atoms with Gasteiger partial charge in [0.05, 0.1) is 10.4 Å². The van der Waals surface area contributed by atoms with Crippen molar-refractivity contribution in [3.63, 3.8) is 0 Å². The Bertz CT molecular complexity index is 676. The van der Waals surface area contributed by atoms with E-state index in [4.69, 9.17) is 0 Å². The van der Waals surface area contributed by atoms with Crippen LogP contribution in [0.15, 0.2) is 24.3 Å². The normalized spacial score (nSPS) is 26.4. The first kappa shape index (κ1) is 19.1. The number of halogens is 1. The van der Waals surface area contributed by atoms with Crippen LogP contribution >= 0.6 is 15.9 Å². The number of nitrogens with zero attached hydrogens (tertiary/aromatic N) is 2. The number of hydrogen-bond donors (Lipinski definition) is 3. The van der Waals surface area contributed by atoms with E-state index in [-0.39, 0.29) is 34.5 Å². The Morgan fingerprint density at radius 1 is 1.12 bits per heavy atom. The van der Waals surface area contributed by atoms with Gasteiger partial charge in [0.2, 0.25) is 5.91 Å². The molecule has 0 aliphatic carbocycles. The number of carbonyl (C=O) groups excluding carboxylic acids is 2. The van der Waals surface area contributed by atoms with Crippen molar-refractivity contribution in [2.24, 2.45) is 5.92 Å². The number of aromatic hydroxyl groups is 1. The number of benzene rings is 1. The molecule has 1 aromatic rings. The molecule has 3 atom stereocenters. The zero-order valence-electron chi connectivity index (χ0n) is 15.0. The zero-order chi connectivity index (χ0) is 18.8. The van der Waals surface area contributed by atoms with Crippen LogP contribution in [-0.2, 0) is 4.79 Å². The summed E-state index contributed by atoms with van der Waals surface area (Å²) < 4.78 is 0. The molecule has 2 aliphatic heterocycles. The molecule has 2 fully saturated rings. The van der Waals surface area contributed by atoms with Crippen molar-refractivity contribution in [1.29, 1.82) is 0 Å². The number of hydrogen-bond acceptors (Lipinski definition) is 5. The molecule has 3 unspecified atom stereocenters. The molecule has 2 aliphatic rings. The van der Waals surface area contributed by atoms with Crippen molar-refractivity contribution in [3.05, 3.63) is 29.8 Å².